The molecule has 3 heteroatoms. The third-order valence-corrected chi connectivity index (χ3v) is 4.23. The van der Waals surface area contributed by atoms with Crippen LogP contribution in [0.1, 0.15) is 30.5 Å². The van der Waals surface area contributed by atoms with Crippen LogP contribution in [-0.2, 0) is 4.79 Å². The first kappa shape index (κ1) is 14.2. The Labute approximate surface area is 112 Å². The zero-order chi connectivity index (χ0) is 13.2. The number of benzene rings is 1. The Bertz CT molecular complexity index is 403. The van der Waals surface area contributed by atoms with Crippen molar-refractivity contribution in [1.29, 1.82) is 0 Å². The van der Waals surface area contributed by atoms with Gasteiger partial charge in [0.05, 0.1) is 4.83 Å². The normalized spacial score (nSPS) is 12.6. The lowest BCUT2D eigenvalue weighted by molar-refractivity contribution is -0.116. The third kappa shape index (κ3) is 3.56. The minimum Gasteiger partial charge on any atom is -0.325 e. The first-order chi connectivity index (χ1) is 7.82. The summed E-state index contributed by atoms with van der Waals surface area (Å²) in [6.45, 7) is 10.1. The lowest BCUT2D eigenvalue weighted by Gasteiger charge is -2.17. The van der Waals surface area contributed by atoms with Gasteiger partial charge in [-0.1, -0.05) is 47.5 Å². The number of alkyl halides is 1. The maximum Gasteiger partial charge on any atom is 0.238 e. The van der Waals surface area contributed by atoms with Crippen molar-refractivity contribution in [3.63, 3.8) is 0 Å². The molecule has 0 aliphatic heterocycles. The Morgan fingerprint density at radius 3 is 2.06 bits per heavy atom. The van der Waals surface area contributed by atoms with Crippen LogP contribution in [0.4, 0.5) is 5.69 Å². The van der Waals surface area contributed by atoms with E-state index in [1.54, 1.807) is 0 Å². The average molecular weight is 298 g/mol. The molecule has 0 heterocycles. The highest BCUT2D eigenvalue weighted by molar-refractivity contribution is 9.10. The van der Waals surface area contributed by atoms with Gasteiger partial charge in [-0.2, -0.15) is 0 Å². The molecule has 17 heavy (non-hydrogen) atoms. The highest BCUT2D eigenvalue weighted by atomic mass is 79.9. The van der Waals surface area contributed by atoms with Crippen LogP contribution in [0, 0.1) is 26.7 Å². The summed E-state index contributed by atoms with van der Waals surface area (Å²) in [4.78, 5) is 11.8. The van der Waals surface area contributed by atoms with E-state index in [0.29, 0.717) is 0 Å². The van der Waals surface area contributed by atoms with E-state index in [1.165, 1.54) is 5.56 Å². The smallest absolute Gasteiger partial charge is 0.238 e. The van der Waals surface area contributed by atoms with Crippen molar-refractivity contribution in [2.75, 3.05) is 5.32 Å². The molecule has 0 fully saturated rings. The second-order valence-corrected chi connectivity index (χ2v) is 5.90. The second-order valence-electron chi connectivity index (χ2n) is 4.91. The topological polar surface area (TPSA) is 29.1 Å². The number of halogens is 1. The van der Waals surface area contributed by atoms with Crippen molar-refractivity contribution in [2.45, 2.75) is 39.4 Å². The summed E-state index contributed by atoms with van der Waals surface area (Å²) in [5.41, 5.74) is 4.38. The lowest BCUT2D eigenvalue weighted by Crippen LogP contribution is -2.27. The molecule has 2 nitrogen and oxygen atoms in total. The van der Waals surface area contributed by atoms with Crippen molar-refractivity contribution in [2.24, 2.45) is 5.92 Å². The molecular weight excluding hydrogens is 278 g/mol. The van der Waals surface area contributed by atoms with Crippen LogP contribution < -0.4 is 5.32 Å². The van der Waals surface area contributed by atoms with Gasteiger partial charge in [0.1, 0.15) is 0 Å². The predicted octanol–water partition coefficient (Wildman–Crippen LogP) is 3.97. The summed E-state index contributed by atoms with van der Waals surface area (Å²) in [6.07, 6.45) is 0. The number of aryl methyl sites for hydroxylation is 3. The Kier molecular flexibility index (Phi) is 4.75. The Morgan fingerprint density at radius 2 is 1.65 bits per heavy atom. The summed E-state index contributed by atoms with van der Waals surface area (Å²) in [5, 5.41) is 3.00. The van der Waals surface area contributed by atoms with E-state index in [4.69, 9.17) is 0 Å². The van der Waals surface area contributed by atoms with Crippen molar-refractivity contribution < 1.29 is 4.79 Å². The van der Waals surface area contributed by atoms with E-state index in [9.17, 15) is 4.79 Å². The molecule has 94 valence electrons. The summed E-state index contributed by atoms with van der Waals surface area (Å²) in [5.74, 6) is 0.302. The molecule has 0 bridgehead atoms. The van der Waals surface area contributed by atoms with Crippen LogP contribution in [0.5, 0.6) is 0 Å². The van der Waals surface area contributed by atoms with Crippen LogP contribution in [0.15, 0.2) is 12.1 Å². The maximum atomic E-state index is 12.0. The largest absolute Gasteiger partial charge is 0.325 e. The van der Waals surface area contributed by atoms with Gasteiger partial charge in [0.25, 0.3) is 0 Å². The number of hydrogen-bond donors (Lipinski definition) is 1. The van der Waals surface area contributed by atoms with Gasteiger partial charge in [0, 0.05) is 5.69 Å². The highest BCUT2D eigenvalue weighted by Crippen LogP contribution is 2.23. The van der Waals surface area contributed by atoms with Gasteiger partial charge in [0.15, 0.2) is 0 Å². The monoisotopic (exact) mass is 297 g/mol. The average Bonchev–Trinajstić information content (AvgIpc) is 2.21. The van der Waals surface area contributed by atoms with E-state index in [2.05, 4.69) is 40.3 Å². The van der Waals surface area contributed by atoms with Crippen molar-refractivity contribution in [3.05, 3.63) is 28.8 Å². The van der Waals surface area contributed by atoms with Crippen LogP contribution in [0.25, 0.3) is 0 Å². The molecule has 1 amide bonds. The van der Waals surface area contributed by atoms with Crippen LogP contribution in [0.3, 0.4) is 0 Å². The first-order valence-corrected chi connectivity index (χ1v) is 6.77. The summed E-state index contributed by atoms with van der Waals surface area (Å²) < 4.78 is 0. The van der Waals surface area contributed by atoms with Gasteiger partial charge >= 0.3 is 0 Å². The van der Waals surface area contributed by atoms with Crippen molar-refractivity contribution in [1.82, 2.24) is 0 Å². The number of carbonyl (C=O) groups excluding carboxylic acids is 1. The summed E-state index contributed by atoms with van der Waals surface area (Å²) >= 11 is 3.42. The fraction of sp³-hybridized carbons (Fsp3) is 0.500. The lowest BCUT2D eigenvalue weighted by atomic mass is 10.0. The number of amides is 1. The minimum atomic E-state index is -0.150. The van der Waals surface area contributed by atoms with E-state index < -0.39 is 0 Å². The molecule has 1 unspecified atom stereocenters. The molecule has 0 saturated carbocycles. The number of carbonyl (C=O) groups is 1. The Balaban J connectivity index is 2.93. The van der Waals surface area contributed by atoms with E-state index in [0.717, 1.165) is 16.8 Å². The first-order valence-electron chi connectivity index (χ1n) is 5.85. The highest BCUT2D eigenvalue weighted by Gasteiger charge is 2.19. The molecule has 1 aromatic carbocycles. The molecule has 0 radical (unpaired) electrons. The molecule has 0 aliphatic carbocycles. The summed E-state index contributed by atoms with van der Waals surface area (Å²) in [7, 11) is 0. The molecule has 0 aliphatic rings. The van der Waals surface area contributed by atoms with Gasteiger partial charge in [-0.15, -0.1) is 0 Å². The van der Waals surface area contributed by atoms with Gasteiger partial charge < -0.3 is 5.32 Å². The molecule has 1 rings (SSSR count). The SMILES string of the molecule is Cc1cc(C)c(NC(=O)C(Br)C(C)C)c(C)c1. The third-order valence-electron chi connectivity index (χ3n) is 2.76. The van der Waals surface area contributed by atoms with Gasteiger partial charge in [-0.05, 0) is 37.8 Å². The molecular formula is C14H20BrNO. The Hall–Kier alpha value is -0.830. The standard InChI is InChI=1S/C14H20BrNO/c1-8(2)12(15)14(17)16-13-10(4)6-9(3)7-11(13)5/h6-8,12H,1-5H3,(H,16,17). The quantitative estimate of drug-likeness (QED) is 0.841. The van der Waals surface area contributed by atoms with Crippen molar-refractivity contribution >= 4 is 27.5 Å². The molecule has 0 spiro atoms. The maximum absolute atomic E-state index is 12.0. The Morgan fingerprint density at radius 1 is 1.18 bits per heavy atom. The summed E-state index contributed by atoms with van der Waals surface area (Å²) in [6, 6.07) is 4.17. The second kappa shape index (κ2) is 5.67. The molecule has 1 atom stereocenters. The van der Waals surface area contributed by atoms with Gasteiger partial charge in [-0.25, -0.2) is 0 Å². The van der Waals surface area contributed by atoms with Gasteiger partial charge in [-0.3, -0.25) is 4.79 Å². The zero-order valence-electron chi connectivity index (χ0n) is 11.1. The number of anilines is 1. The fourth-order valence-corrected chi connectivity index (χ4v) is 1.99. The number of rotatable bonds is 3. The number of nitrogens with one attached hydrogen (secondary N) is 1. The molecule has 0 saturated heterocycles. The van der Waals surface area contributed by atoms with Crippen LogP contribution >= 0.6 is 15.9 Å². The minimum absolute atomic E-state index is 0.0232. The number of hydrogen-bond acceptors (Lipinski definition) is 1. The molecule has 1 aromatic rings. The van der Waals surface area contributed by atoms with E-state index in [-0.39, 0.29) is 16.7 Å². The zero-order valence-corrected chi connectivity index (χ0v) is 12.7. The fourth-order valence-electron chi connectivity index (χ4n) is 1.87. The molecule has 1 N–H and O–H groups in total. The van der Waals surface area contributed by atoms with E-state index >= 15 is 0 Å². The van der Waals surface area contributed by atoms with Crippen molar-refractivity contribution in [3.8, 4) is 0 Å². The van der Waals surface area contributed by atoms with Crippen LogP contribution in [0.2, 0.25) is 0 Å². The van der Waals surface area contributed by atoms with E-state index in [1.807, 2.05) is 27.7 Å². The predicted molar refractivity (Wildman–Crippen MR) is 76.8 cm³/mol. The molecule has 0 aromatic heterocycles. The van der Waals surface area contributed by atoms with Crippen LogP contribution in [-0.4, -0.2) is 10.7 Å². The van der Waals surface area contributed by atoms with Gasteiger partial charge in [0.2, 0.25) is 5.91 Å².